The van der Waals surface area contributed by atoms with Gasteiger partial charge in [0.15, 0.2) is 0 Å². The highest BCUT2D eigenvalue weighted by Crippen LogP contribution is 2.46. The van der Waals surface area contributed by atoms with Crippen molar-refractivity contribution in [2.24, 2.45) is 10.8 Å². The summed E-state index contributed by atoms with van der Waals surface area (Å²) < 4.78 is 0. The zero-order valence-electron chi connectivity index (χ0n) is 11.6. The number of carbonyl (C=O) groups excluding carboxylic acids is 1. The molecule has 0 heterocycles. The standard InChI is InChI=1S/C16H19NO3/c1-15(8-11-4-2-3-5-12(11)9-15)10-17-13(18)16(6-7-16)14(19)20/h2-5H,6-10H2,1H3,(H,17,18)(H,19,20). The molecule has 0 unspecified atom stereocenters. The Bertz CT molecular complexity index is 550. The molecule has 1 amide bonds. The molecule has 0 saturated heterocycles. The molecule has 2 aliphatic rings. The van der Waals surface area contributed by atoms with E-state index in [-0.39, 0.29) is 11.3 Å². The summed E-state index contributed by atoms with van der Waals surface area (Å²) in [7, 11) is 0. The molecule has 20 heavy (non-hydrogen) atoms. The second kappa shape index (κ2) is 4.33. The summed E-state index contributed by atoms with van der Waals surface area (Å²) in [5.41, 5.74) is 1.53. The molecular formula is C16H19NO3. The molecule has 1 aromatic carbocycles. The lowest BCUT2D eigenvalue weighted by molar-refractivity contribution is -0.149. The number of carbonyl (C=O) groups is 2. The van der Waals surface area contributed by atoms with Gasteiger partial charge < -0.3 is 10.4 Å². The van der Waals surface area contributed by atoms with E-state index in [1.165, 1.54) is 11.1 Å². The lowest BCUT2D eigenvalue weighted by Gasteiger charge is -2.25. The number of amides is 1. The van der Waals surface area contributed by atoms with Gasteiger partial charge in [0.05, 0.1) is 0 Å². The summed E-state index contributed by atoms with van der Waals surface area (Å²) in [6.45, 7) is 2.68. The van der Waals surface area contributed by atoms with Crippen molar-refractivity contribution in [3.05, 3.63) is 35.4 Å². The Hall–Kier alpha value is -1.84. The third-order valence-electron chi connectivity index (χ3n) is 4.62. The summed E-state index contributed by atoms with van der Waals surface area (Å²) in [4.78, 5) is 23.2. The number of carboxylic acid groups (broad SMARTS) is 1. The minimum absolute atomic E-state index is 0.00602. The van der Waals surface area contributed by atoms with E-state index in [4.69, 9.17) is 5.11 Å². The van der Waals surface area contributed by atoms with Crippen LogP contribution in [0.25, 0.3) is 0 Å². The number of carboxylic acids is 1. The van der Waals surface area contributed by atoms with Crippen LogP contribution >= 0.6 is 0 Å². The molecule has 1 aromatic rings. The fourth-order valence-corrected chi connectivity index (χ4v) is 3.14. The van der Waals surface area contributed by atoms with E-state index in [0.29, 0.717) is 19.4 Å². The first-order valence-corrected chi connectivity index (χ1v) is 7.04. The maximum atomic E-state index is 12.0. The number of rotatable bonds is 4. The first-order valence-electron chi connectivity index (χ1n) is 7.04. The second-order valence-corrected chi connectivity index (χ2v) is 6.50. The van der Waals surface area contributed by atoms with Crippen molar-refractivity contribution >= 4 is 11.9 Å². The van der Waals surface area contributed by atoms with Gasteiger partial charge in [0.25, 0.3) is 0 Å². The zero-order valence-corrected chi connectivity index (χ0v) is 11.6. The van der Waals surface area contributed by atoms with E-state index in [1.807, 2.05) is 12.1 Å². The Labute approximate surface area is 118 Å². The van der Waals surface area contributed by atoms with Crippen molar-refractivity contribution in [1.82, 2.24) is 5.32 Å². The monoisotopic (exact) mass is 273 g/mol. The summed E-state index contributed by atoms with van der Waals surface area (Å²) in [5, 5.41) is 12.0. The molecule has 2 aliphatic carbocycles. The highest BCUT2D eigenvalue weighted by Gasteiger charge is 2.57. The van der Waals surface area contributed by atoms with Crippen molar-refractivity contribution in [3.63, 3.8) is 0 Å². The lowest BCUT2D eigenvalue weighted by Crippen LogP contribution is -2.42. The van der Waals surface area contributed by atoms with Crippen LogP contribution < -0.4 is 5.32 Å². The third-order valence-corrected chi connectivity index (χ3v) is 4.62. The topological polar surface area (TPSA) is 66.4 Å². The van der Waals surface area contributed by atoms with Gasteiger partial charge >= 0.3 is 5.97 Å². The quantitative estimate of drug-likeness (QED) is 0.822. The van der Waals surface area contributed by atoms with Crippen molar-refractivity contribution in [1.29, 1.82) is 0 Å². The van der Waals surface area contributed by atoms with Crippen molar-refractivity contribution in [2.45, 2.75) is 32.6 Å². The number of hydrogen-bond acceptors (Lipinski definition) is 2. The van der Waals surface area contributed by atoms with Crippen molar-refractivity contribution < 1.29 is 14.7 Å². The van der Waals surface area contributed by atoms with E-state index in [1.54, 1.807) is 0 Å². The van der Waals surface area contributed by atoms with Crippen LogP contribution in [0.3, 0.4) is 0 Å². The van der Waals surface area contributed by atoms with Gasteiger partial charge in [-0.1, -0.05) is 31.2 Å². The average Bonchev–Trinajstić information content (AvgIpc) is 3.14. The number of fused-ring (bicyclic) bond motifs is 1. The van der Waals surface area contributed by atoms with Gasteiger partial charge in [-0.3, -0.25) is 9.59 Å². The number of hydrogen-bond donors (Lipinski definition) is 2. The molecule has 0 aliphatic heterocycles. The average molecular weight is 273 g/mol. The first-order chi connectivity index (χ1) is 9.45. The molecule has 3 rings (SSSR count). The fraction of sp³-hybridized carbons (Fsp3) is 0.500. The minimum atomic E-state index is -1.14. The van der Waals surface area contributed by atoms with Gasteiger partial charge in [-0.05, 0) is 42.2 Å². The van der Waals surface area contributed by atoms with E-state index >= 15 is 0 Å². The largest absolute Gasteiger partial charge is 0.480 e. The summed E-state index contributed by atoms with van der Waals surface area (Å²) in [6.07, 6.45) is 2.79. The Morgan fingerprint density at radius 3 is 2.20 bits per heavy atom. The number of aliphatic carboxylic acids is 1. The summed E-state index contributed by atoms with van der Waals surface area (Å²) in [5.74, 6) is -1.31. The highest BCUT2D eigenvalue weighted by atomic mass is 16.4. The molecule has 1 fully saturated rings. The third kappa shape index (κ3) is 2.09. The molecule has 2 N–H and O–H groups in total. The second-order valence-electron chi connectivity index (χ2n) is 6.50. The van der Waals surface area contributed by atoms with Gasteiger partial charge in [-0.2, -0.15) is 0 Å². The molecule has 0 atom stereocenters. The van der Waals surface area contributed by atoms with E-state index in [0.717, 1.165) is 12.8 Å². The van der Waals surface area contributed by atoms with Crippen molar-refractivity contribution in [2.75, 3.05) is 6.54 Å². The lowest BCUT2D eigenvalue weighted by atomic mass is 9.87. The van der Waals surface area contributed by atoms with Gasteiger partial charge in [0.1, 0.15) is 5.41 Å². The minimum Gasteiger partial charge on any atom is -0.480 e. The van der Waals surface area contributed by atoms with Gasteiger partial charge in [0.2, 0.25) is 5.91 Å². The summed E-state index contributed by atoms with van der Waals surface area (Å²) in [6, 6.07) is 8.32. The summed E-state index contributed by atoms with van der Waals surface area (Å²) >= 11 is 0. The van der Waals surface area contributed by atoms with E-state index < -0.39 is 11.4 Å². The normalized spacial score (nSPS) is 21.1. The molecule has 4 heteroatoms. The van der Waals surface area contributed by atoms with Gasteiger partial charge in [0, 0.05) is 6.54 Å². The molecule has 106 valence electrons. The number of nitrogens with one attached hydrogen (secondary N) is 1. The molecule has 0 spiro atoms. The maximum Gasteiger partial charge on any atom is 0.319 e. The van der Waals surface area contributed by atoms with Crippen LogP contribution in [-0.4, -0.2) is 23.5 Å². The zero-order chi connectivity index (χ0) is 14.4. The van der Waals surface area contributed by atoms with Crippen LogP contribution in [-0.2, 0) is 22.4 Å². The van der Waals surface area contributed by atoms with E-state index in [2.05, 4.69) is 24.4 Å². The molecule has 1 saturated carbocycles. The highest BCUT2D eigenvalue weighted by molar-refractivity contribution is 6.04. The molecular weight excluding hydrogens is 254 g/mol. The van der Waals surface area contributed by atoms with Crippen LogP contribution in [0, 0.1) is 10.8 Å². The fourth-order valence-electron chi connectivity index (χ4n) is 3.14. The van der Waals surface area contributed by atoms with E-state index in [9.17, 15) is 9.59 Å². The molecule has 0 radical (unpaired) electrons. The Balaban J connectivity index is 1.63. The molecule has 0 bridgehead atoms. The van der Waals surface area contributed by atoms with Crippen molar-refractivity contribution in [3.8, 4) is 0 Å². The maximum absolute atomic E-state index is 12.0. The molecule has 4 nitrogen and oxygen atoms in total. The Morgan fingerprint density at radius 2 is 1.75 bits per heavy atom. The van der Waals surface area contributed by atoms with Gasteiger partial charge in [-0.15, -0.1) is 0 Å². The first kappa shape index (κ1) is 13.2. The van der Waals surface area contributed by atoms with Crippen LogP contribution in [0.5, 0.6) is 0 Å². The Morgan fingerprint density at radius 1 is 1.20 bits per heavy atom. The predicted octanol–water partition coefficient (Wildman–Crippen LogP) is 1.77. The molecule has 0 aromatic heterocycles. The predicted molar refractivity (Wildman–Crippen MR) is 74.3 cm³/mol. The number of benzene rings is 1. The van der Waals surface area contributed by atoms with Crippen LogP contribution in [0.2, 0.25) is 0 Å². The van der Waals surface area contributed by atoms with Gasteiger partial charge in [-0.25, -0.2) is 0 Å². The Kier molecular flexibility index (Phi) is 2.85. The smallest absolute Gasteiger partial charge is 0.319 e. The SMILES string of the molecule is CC1(CNC(=O)C2(C(=O)O)CC2)Cc2ccccc2C1. The van der Waals surface area contributed by atoms with Crippen LogP contribution in [0.4, 0.5) is 0 Å². The van der Waals surface area contributed by atoms with Crippen LogP contribution in [0.1, 0.15) is 30.9 Å². The van der Waals surface area contributed by atoms with Crippen LogP contribution in [0.15, 0.2) is 24.3 Å².